The van der Waals surface area contributed by atoms with Gasteiger partial charge in [0.15, 0.2) is 0 Å². The number of thioether (sulfide) groups is 1. The molecule has 25 heavy (non-hydrogen) atoms. The van der Waals surface area contributed by atoms with Crippen LogP contribution in [0.25, 0.3) is 0 Å². The van der Waals surface area contributed by atoms with Crippen molar-refractivity contribution in [2.24, 2.45) is 0 Å². The van der Waals surface area contributed by atoms with E-state index in [-0.39, 0.29) is 23.0 Å². The summed E-state index contributed by atoms with van der Waals surface area (Å²) >= 11 is 1.21. The Bertz CT molecular complexity index is 812. The van der Waals surface area contributed by atoms with Gasteiger partial charge in [0.25, 0.3) is 5.69 Å². The summed E-state index contributed by atoms with van der Waals surface area (Å²) in [6.07, 6.45) is 0. The highest BCUT2D eigenvalue weighted by molar-refractivity contribution is 8.00. The van der Waals surface area contributed by atoms with E-state index < -0.39 is 16.6 Å². The van der Waals surface area contributed by atoms with Crippen molar-refractivity contribution < 1.29 is 18.9 Å². The van der Waals surface area contributed by atoms with Crippen LogP contribution in [0.2, 0.25) is 0 Å². The summed E-state index contributed by atoms with van der Waals surface area (Å²) in [4.78, 5) is 33.7. The smallest absolute Gasteiger partial charge is 0.271 e. The van der Waals surface area contributed by atoms with Crippen LogP contribution < -0.4 is 10.6 Å². The van der Waals surface area contributed by atoms with E-state index in [4.69, 9.17) is 0 Å². The minimum absolute atomic E-state index is 0.00160. The number of halogens is 1. The molecule has 0 aromatic heterocycles. The molecule has 7 nitrogen and oxygen atoms in total. The molecule has 9 heteroatoms. The van der Waals surface area contributed by atoms with Gasteiger partial charge in [-0.3, -0.25) is 19.7 Å². The van der Waals surface area contributed by atoms with Crippen molar-refractivity contribution in [1.82, 2.24) is 0 Å². The number of benzene rings is 2. The Morgan fingerprint density at radius 3 is 2.44 bits per heavy atom. The van der Waals surface area contributed by atoms with E-state index in [1.165, 1.54) is 18.7 Å². The summed E-state index contributed by atoms with van der Waals surface area (Å²) in [7, 11) is 0. The lowest BCUT2D eigenvalue weighted by atomic mass is 10.2. The Labute approximate surface area is 146 Å². The average Bonchev–Trinajstić information content (AvgIpc) is 2.55. The molecule has 0 saturated heterocycles. The molecule has 0 spiro atoms. The molecule has 0 unspecified atom stereocenters. The van der Waals surface area contributed by atoms with Crippen LogP contribution in [0.15, 0.2) is 47.4 Å². The molecule has 2 aromatic carbocycles. The molecular formula is C16H14FN3O4S. The number of anilines is 2. The summed E-state index contributed by atoms with van der Waals surface area (Å²) < 4.78 is 13.6. The summed E-state index contributed by atoms with van der Waals surface area (Å²) in [5.74, 6) is -1.42. The molecule has 0 heterocycles. The first-order chi connectivity index (χ1) is 11.8. The molecule has 0 saturated carbocycles. The Morgan fingerprint density at radius 1 is 1.16 bits per heavy atom. The standard InChI is InChI=1S/C16H14FN3O4S/c1-10(21)18-11-2-5-13(6-3-11)25-9-16(22)19-15-8-12(20(23)24)4-7-14(15)17/h2-8H,9H2,1H3,(H,18,21)(H,19,22). The molecule has 0 aliphatic heterocycles. The number of hydrogen-bond donors (Lipinski definition) is 2. The number of non-ortho nitro benzene ring substituents is 1. The van der Waals surface area contributed by atoms with Gasteiger partial charge >= 0.3 is 0 Å². The van der Waals surface area contributed by atoms with Crippen LogP contribution in [0, 0.1) is 15.9 Å². The van der Waals surface area contributed by atoms with E-state index in [2.05, 4.69) is 10.6 Å². The molecule has 0 fully saturated rings. The van der Waals surface area contributed by atoms with Crippen molar-refractivity contribution >= 4 is 40.6 Å². The number of nitro benzene ring substituents is 1. The van der Waals surface area contributed by atoms with Gasteiger partial charge < -0.3 is 10.6 Å². The van der Waals surface area contributed by atoms with Crippen LogP contribution in [-0.2, 0) is 9.59 Å². The molecule has 2 N–H and O–H groups in total. The fraction of sp³-hybridized carbons (Fsp3) is 0.125. The normalized spacial score (nSPS) is 10.2. The summed E-state index contributed by atoms with van der Waals surface area (Å²) in [5, 5.41) is 15.6. The average molecular weight is 363 g/mol. The number of carbonyl (C=O) groups is 2. The van der Waals surface area contributed by atoms with Crippen LogP contribution in [-0.4, -0.2) is 22.5 Å². The van der Waals surface area contributed by atoms with Crippen molar-refractivity contribution in [1.29, 1.82) is 0 Å². The van der Waals surface area contributed by atoms with Crippen LogP contribution in [0.1, 0.15) is 6.92 Å². The fourth-order valence-corrected chi connectivity index (χ4v) is 2.59. The molecule has 0 bridgehead atoms. The van der Waals surface area contributed by atoms with E-state index in [0.29, 0.717) is 5.69 Å². The van der Waals surface area contributed by atoms with E-state index >= 15 is 0 Å². The van der Waals surface area contributed by atoms with Gasteiger partial charge in [-0.25, -0.2) is 4.39 Å². The second-order valence-electron chi connectivity index (χ2n) is 4.96. The maximum atomic E-state index is 13.6. The van der Waals surface area contributed by atoms with Gasteiger partial charge in [0.05, 0.1) is 16.4 Å². The zero-order valence-electron chi connectivity index (χ0n) is 13.1. The predicted molar refractivity (Wildman–Crippen MR) is 93.2 cm³/mol. The first kappa shape index (κ1) is 18.4. The monoisotopic (exact) mass is 363 g/mol. The molecule has 0 aliphatic carbocycles. The van der Waals surface area contributed by atoms with Crippen LogP contribution >= 0.6 is 11.8 Å². The maximum Gasteiger partial charge on any atom is 0.271 e. The van der Waals surface area contributed by atoms with E-state index in [9.17, 15) is 24.1 Å². The predicted octanol–water partition coefficient (Wildman–Crippen LogP) is 3.42. The topological polar surface area (TPSA) is 101 Å². The Kier molecular flexibility index (Phi) is 6.07. The summed E-state index contributed by atoms with van der Waals surface area (Å²) in [6.45, 7) is 1.40. The van der Waals surface area contributed by atoms with Gasteiger partial charge in [-0.2, -0.15) is 0 Å². The third-order valence-electron chi connectivity index (χ3n) is 2.98. The van der Waals surface area contributed by atoms with E-state index in [1.54, 1.807) is 24.3 Å². The fourth-order valence-electron chi connectivity index (χ4n) is 1.90. The lowest BCUT2D eigenvalue weighted by Crippen LogP contribution is -2.15. The molecule has 2 aromatic rings. The third kappa shape index (κ3) is 5.57. The molecule has 130 valence electrons. The van der Waals surface area contributed by atoms with Crippen LogP contribution in [0.3, 0.4) is 0 Å². The molecule has 0 atom stereocenters. The number of nitro groups is 1. The first-order valence-electron chi connectivity index (χ1n) is 7.09. The Morgan fingerprint density at radius 2 is 1.84 bits per heavy atom. The zero-order chi connectivity index (χ0) is 18.4. The van der Waals surface area contributed by atoms with Crippen LogP contribution in [0.4, 0.5) is 21.5 Å². The summed E-state index contributed by atoms with van der Waals surface area (Å²) in [6, 6.07) is 9.79. The second kappa shape index (κ2) is 8.25. The highest BCUT2D eigenvalue weighted by atomic mass is 32.2. The maximum absolute atomic E-state index is 13.6. The highest BCUT2D eigenvalue weighted by Gasteiger charge is 2.13. The lowest BCUT2D eigenvalue weighted by molar-refractivity contribution is -0.384. The quantitative estimate of drug-likeness (QED) is 0.465. The number of carbonyl (C=O) groups excluding carboxylic acids is 2. The number of nitrogens with one attached hydrogen (secondary N) is 2. The SMILES string of the molecule is CC(=O)Nc1ccc(SCC(=O)Nc2cc([N+](=O)[O-])ccc2F)cc1. The second-order valence-corrected chi connectivity index (χ2v) is 6.01. The Hall–Kier alpha value is -2.94. The van der Waals surface area contributed by atoms with E-state index in [1.807, 2.05) is 0 Å². The summed E-state index contributed by atoms with van der Waals surface area (Å²) in [5.41, 5.74) is 0.0960. The molecular weight excluding hydrogens is 349 g/mol. The molecule has 0 radical (unpaired) electrons. The van der Waals surface area contributed by atoms with Gasteiger partial charge in [-0.05, 0) is 30.3 Å². The van der Waals surface area contributed by atoms with Crippen molar-refractivity contribution in [2.45, 2.75) is 11.8 Å². The minimum atomic E-state index is -0.747. The highest BCUT2D eigenvalue weighted by Crippen LogP contribution is 2.23. The lowest BCUT2D eigenvalue weighted by Gasteiger charge is -2.07. The molecule has 0 aliphatic rings. The Balaban J connectivity index is 1.93. The zero-order valence-corrected chi connectivity index (χ0v) is 13.9. The van der Waals surface area contributed by atoms with Crippen molar-refractivity contribution in [3.05, 3.63) is 58.4 Å². The number of hydrogen-bond acceptors (Lipinski definition) is 5. The van der Waals surface area contributed by atoms with Crippen LogP contribution in [0.5, 0.6) is 0 Å². The number of nitrogens with zero attached hydrogens (tertiary/aromatic N) is 1. The van der Waals surface area contributed by atoms with Gasteiger partial charge in [0.1, 0.15) is 5.82 Å². The minimum Gasteiger partial charge on any atom is -0.326 e. The van der Waals surface area contributed by atoms with Gasteiger partial charge in [-0.1, -0.05) is 0 Å². The van der Waals surface area contributed by atoms with Gasteiger partial charge in [0, 0.05) is 29.6 Å². The third-order valence-corrected chi connectivity index (χ3v) is 3.99. The van der Waals surface area contributed by atoms with Crippen molar-refractivity contribution in [3.8, 4) is 0 Å². The van der Waals surface area contributed by atoms with Gasteiger partial charge in [-0.15, -0.1) is 11.8 Å². The van der Waals surface area contributed by atoms with Gasteiger partial charge in [0.2, 0.25) is 11.8 Å². The molecule has 2 amide bonds. The largest absolute Gasteiger partial charge is 0.326 e. The van der Waals surface area contributed by atoms with Crippen molar-refractivity contribution in [3.63, 3.8) is 0 Å². The van der Waals surface area contributed by atoms with E-state index in [0.717, 1.165) is 23.1 Å². The number of amides is 2. The first-order valence-corrected chi connectivity index (χ1v) is 8.08. The number of rotatable bonds is 6. The van der Waals surface area contributed by atoms with Crippen molar-refractivity contribution in [2.75, 3.05) is 16.4 Å². The molecule has 2 rings (SSSR count).